The fraction of sp³-hybridized carbons (Fsp3) is 0.609. The molecule has 10 nitrogen and oxygen atoms in total. The minimum atomic E-state index is -3.75. The number of piperidine rings is 1. The number of carbonyl (C=O) groups excluding carboxylic acids is 2. The SMILES string of the molecule is N#CC1CN(S(=O)(=O)N2CCC[C@H](C(=O)N3CCC[C@@H]3C(=O)N[C@@H]3COc4cc(F)cc(F)c43)C2)C1. The van der Waals surface area contributed by atoms with Crippen LogP contribution in [-0.2, 0) is 19.8 Å². The summed E-state index contributed by atoms with van der Waals surface area (Å²) in [6, 6.07) is 2.30. The molecule has 3 atom stereocenters. The summed E-state index contributed by atoms with van der Waals surface area (Å²) in [5, 5.41) is 11.7. The van der Waals surface area contributed by atoms with Crippen molar-refractivity contribution in [3.8, 4) is 11.8 Å². The number of nitrogens with zero attached hydrogens (tertiary/aromatic N) is 4. The molecule has 4 aliphatic heterocycles. The summed E-state index contributed by atoms with van der Waals surface area (Å²) in [4.78, 5) is 28.0. The highest BCUT2D eigenvalue weighted by Crippen LogP contribution is 2.36. The maximum absolute atomic E-state index is 14.3. The van der Waals surface area contributed by atoms with Gasteiger partial charge in [-0.1, -0.05) is 0 Å². The van der Waals surface area contributed by atoms with Crippen molar-refractivity contribution in [2.45, 2.75) is 37.8 Å². The van der Waals surface area contributed by atoms with Crippen molar-refractivity contribution in [2.75, 3.05) is 39.3 Å². The zero-order valence-corrected chi connectivity index (χ0v) is 20.3. The van der Waals surface area contributed by atoms with Crippen LogP contribution in [0.2, 0.25) is 0 Å². The van der Waals surface area contributed by atoms with Gasteiger partial charge in [-0.2, -0.15) is 22.3 Å². The Balaban J connectivity index is 1.24. The van der Waals surface area contributed by atoms with E-state index < -0.39 is 45.8 Å². The van der Waals surface area contributed by atoms with Gasteiger partial charge in [-0.05, 0) is 25.7 Å². The molecule has 1 aromatic rings. The highest BCUT2D eigenvalue weighted by atomic mass is 32.2. The second kappa shape index (κ2) is 9.57. The molecule has 4 aliphatic rings. The van der Waals surface area contributed by atoms with Crippen LogP contribution in [0.4, 0.5) is 8.78 Å². The zero-order valence-electron chi connectivity index (χ0n) is 19.5. The van der Waals surface area contributed by atoms with Crippen LogP contribution in [0.25, 0.3) is 0 Å². The monoisotopic (exact) mass is 523 g/mol. The van der Waals surface area contributed by atoms with E-state index in [1.807, 2.05) is 0 Å². The van der Waals surface area contributed by atoms with Gasteiger partial charge in [-0.15, -0.1) is 0 Å². The lowest BCUT2D eigenvalue weighted by Crippen LogP contribution is -2.57. The van der Waals surface area contributed by atoms with Gasteiger partial charge in [-0.25, -0.2) is 8.78 Å². The summed E-state index contributed by atoms with van der Waals surface area (Å²) < 4.78 is 61.5. The van der Waals surface area contributed by atoms with E-state index in [0.717, 1.165) is 12.1 Å². The van der Waals surface area contributed by atoms with Crippen LogP contribution in [0.1, 0.15) is 37.3 Å². The highest BCUT2D eigenvalue weighted by molar-refractivity contribution is 7.86. The minimum absolute atomic E-state index is 0.0281. The summed E-state index contributed by atoms with van der Waals surface area (Å²) in [6.45, 7) is 0.971. The molecule has 0 bridgehead atoms. The molecule has 1 aromatic carbocycles. The van der Waals surface area contributed by atoms with E-state index in [0.29, 0.717) is 38.8 Å². The lowest BCUT2D eigenvalue weighted by atomic mass is 9.97. The van der Waals surface area contributed by atoms with Gasteiger partial charge in [0.25, 0.3) is 10.2 Å². The number of carbonyl (C=O) groups is 2. The molecular formula is C23H27F2N5O5S. The number of rotatable bonds is 5. The Morgan fingerprint density at radius 2 is 1.83 bits per heavy atom. The zero-order chi connectivity index (χ0) is 25.6. The van der Waals surface area contributed by atoms with Gasteiger partial charge in [0.05, 0.1) is 29.5 Å². The van der Waals surface area contributed by atoms with Crippen molar-refractivity contribution in [2.24, 2.45) is 11.8 Å². The van der Waals surface area contributed by atoms with Crippen LogP contribution in [0.3, 0.4) is 0 Å². The molecule has 0 aromatic heterocycles. The summed E-state index contributed by atoms with van der Waals surface area (Å²) in [5.74, 6) is -3.14. The quantitative estimate of drug-likeness (QED) is 0.612. The van der Waals surface area contributed by atoms with Crippen molar-refractivity contribution < 1.29 is 31.5 Å². The molecule has 0 spiro atoms. The Kier molecular flexibility index (Phi) is 6.61. The van der Waals surface area contributed by atoms with Gasteiger partial charge in [0.1, 0.15) is 30.0 Å². The predicted octanol–water partition coefficient (Wildman–Crippen LogP) is 0.918. The highest BCUT2D eigenvalue weighted by Gasteiger charge is 2.44. The molecule has 0 aliphatic carbocycles. The number of hydrogen-bond acceptors (Lipinski definition) is 6. The maximum Gasteiger partial charge on any atom is 0.282 e. The van der Waals surface area contributed by atoms with Crippen molar-refractivity contribution in [1.82, 2.24) is 18.8 Å². The number of ether oxygens (including phenoxy) is 1. The van der Waals surface area contributed by atoms with Crippen LogP contribution in [-0.4, -0.2) is 79.1 Å². The molecule has 0 unspecified atom stereocenters. The van der Waals surface area contributed by atoms with Crippen LogP contribution in [0.15, 0.2) is 12.1 Å². The molecule has 0 saturated carbocycles. The van der Waals surface area contributed by atoms with Gasteiger partial charge >= 0.3 is 0 Å². The number of nitrogens with one attached hydrogen (secondary N) is 1. The van der Waals surface area contributed by atoms with E-state index in [-0.39, 0.29) is 49.4 Å². The summed E-state index contributed by atoms with van der Waals surface area (Å²) in [7, 11) is -3.75. The molecule has 2 amide bonds. The third kappa shape index (κ3) is 4.42. The van der Waals surface area contributed by atoms with Crippen LogP contribution in [0.5, 0.6) is 5.75 Å². The standard InChI is InChI=1S/C23H27F2N5O5S/c24-16-7-17(25)21-18(13-35-20(21)8-16)27-22(31)19-4-2-6-30(19)23(32)15-3-1-5-28(12-15)36(33,34)29-10-14(9-26)11-29/h7-8,14-15,18-19H,1-6,10-13H2,(H,27,31)/t15-,18+,19+/m0/s1. The second-order valence-electron chi connectivity index (χ2n) is 9.71. The Morgan fingerprint density at radius 3 is 2.58 bits per heavy atom. The minimum Gasteiger partial charge on any atom is -0.490 e. The number of nitriles is 1. The van der Waals surface area contributed by atoms with E-state index in [1.54, 1.807) is 0 Å². The van der Waals surface area contributed by atoms with Gasteiger partial charge in [0.2, 0.25) is 11.8 Å². The number of benzene rings is 1. The number of amides is 2. The summed E-state index contributed by atoms with van der Waals surface area (Å²) >= 11 is 0. The summed E-state index contributed by atoms with van der Waals surface area (Å²) in [5.41, 5.74) is 0.0818. The van der Waals surface area contributed by atoms with Crippen LogP contribution >= 0.6 is 0 Å². The number of hydrogen-bond donors (Lipinski definition) is 1. The lowest BCUT2D eigenvalue weighted by molar-refractivity contribution is -0.142. The van der Waals surface area contributed by atoms with E-state index in [9.17, 15) is 26.8 Å². The van der Waals surface area contributed by atoms with E-state index in [1.165, 1.54) is 13.5 Å². The normalized spacial score (nSPS) is 27.1. The predicted molar refractivity (Wildman–Crippen MR) is 121 cm³/mol. The van der Waals surface area contributed by atoms with Crippen molar-refractivity contribution >= 4 is 22.0 Å². The molecule has 13 heteroatoms. The third-order valence-electron chi connectivity index (χ3n) is 7.38. The molecule has 3 saturated heterocycles. The molecule has 5 rings (SSSR count). The third-order valence-corrected chi connectivity index (χ3v) is 9.32. The van der Waals surface area contributed by atoms with Crippen molar-refractivity contribution in [3.63, 3.8) is 0 Å². The number of fused-ring (bicyclic) bond motifs is 1. The number of halogens is 2. The molecule has 4 heterocycles. The fourth-order valence-corrected chi connectivity index (χ4v) is 7.21. The lowest BCUT2D eigenvalue weighted by Gasteiger charge is -2.41. The molecular weight excluding hydrogens is 496 g/mol. The largest absolute Gasteiger partial charge is 0.490 e. The van der Waals surface area contributed by atoms with Crippen LogP contribution in [0, 0.1) is 34.8 Å². The molecule has 36 heavy (non-hydrogen) atoms. The first kappa shape index (κ1) is 24.9. The molecule has 3 fully saturated rings. The van der Waals surface area contributed by atoms with Crippen molar-refractivity contribution in [1.29, 1.82) is 5.26 Å². The first-order valence-electron chi connectivity index (χ1n) is 12.1. The number of likely N-dealkylation sites (tertiary alicyclic amines) is 1. The first-order chi connectivity index (χ1) is 17.2. The Labute approximate surface area is 207 Å². The molecule has 194 valence electrons. The van der Waals surface area contributed by atoms with E-state index in [4.69, 9.17) is 10.00 Å². The smallest absolute Gasteiger partial charge is 0.282 e. The Hall–Kier alpha value is -2.82. The van der Waals surface area contributed by atoms with E-state index >= 15 is 0 Å². The Bertz CT molecular complexity index is 1220. The van der Waals surface area contributed by atoms with Crippen molar-refractivity contribution in [3.05, 3.63) is 29.3 Å². The average Bonchev–Trinajstić information content (AvgIpc) is 3.45. The topological polar surface area (TPSA) is 123 Å². The molecule has 1 N–H and O–H groups in total. The fourth-order valence-electron chi connectivity index (χ4n) is 5.42. The maximum atomic E-state index is 14.3. The van der Waals surface area contributed by atoms with Gasteiger partial charge in [0.15, 0.2) is 0 Å². The Morgan fingerprint density at radius 1 is 1.08 bits per heavy atom. The van der Waals surface area contributed by atoms with Crippen LogP contribution < -0.4 is 10.1 Å². The second-order valence-corrected chi connectivity index (χ2v) is 11.6. The summed E-state index contributed by atoms with van der Waals surface area (Å²) in [6.07, 6.45) is 2.07. The van der Waals surface area contributed by atoms with E-state index in [2.05, 4.69) is 11.4 Å². The molecule has 0 radical (unpaired) electrons. The first-order valence-corrected chi connectivity index (χ1v) is 13.5. The average molecular weight is 524 g/mol. The van der Waals surface area contributed by atoms with Gasteiger partial charge in [0, 0.05) is 44.9 Å². The van der Waals surface area contributed by atoms with Gasteiger partial charge < -0.3 is 15.0 Å². The van der Waals surface area contributed by atoms with Gasteiger partial charge in [-0.3, -0.25) is 9.59 Å².